The first-order chi connectivity index (χ1) is 46.7. The average molecular weight is 1390 g/mol. The Morgan fingerprint density at radius 3 is 0.876 bits per heavy atom. The van der Waals surface area contributed by atoms with Crippen molar-refractivity contribution < 1.29 is 56.7 Å². The fraction of sp³-hybridized carbons (Fsp3) is 0.674. The van der Waals surface area contributed by atoms with Crippen LogP contribution in [0.1, 0.15) is 392 Å². The summed E-state index contributed by atoms with van der Waals surface area (Å²) in [7, 11) is 0. The number of nitrogens with zero attached hydrogens (tertiary/aromatic N) is 2. The van der Waals surface area contributed by atoms with Crippen LogP contribution in [0.15, 0.2) is 70.6 Å². The summed E-state index contributed by atoms with van der Waals surface area (Å²) in [5.41, 5.74) is 9.67. The Kier molecular flexibility index (Phi) is 55.3. The Bertz CT molecular complexity index is 2640. The summed E-state index contributed by atoms with van der Waals surface area (Å²) in [6.07, 6.45) is 62.8. The van der Waals surface area contributed by atoms with Crippen LogP contribution in [0.25, 0.3) is 0 Å². The van der Waals surface area contributed by atoms with Gasteiger partial charge in [0.2, 0.25) is 0 Å². The summed E-state index contributed by atoms with van der Waals surface area (Å²) in [5.74, 6) is -4.87. The van der Waals surface area contributed by atoms with Crippen molar-refractivity contribution in [1.29, 1.82) is 0 Å². The number of benzene rings is 4. The van der Waals surface area contributed by atoms with Crippen LogP contribution in [0.4, 0.5) is 11.4 Å². The van der Waals surface area contributed by atoms with E-state index in [-0.39, 0.29) is 27.6 Å². The van der Waals surface area contributed by atoms with Crippen molar-refractivity contribution in [2.45, 2.75) is 376 Å². The average Bonchev–Trinajstić information content (AvgIpc) is 0.812. The number of aliphatic imine (C=N–C) groups is 2. The maximum atomic E-state index is 11.0. The molecule has 0 spiro atoms. The van der Waals surface area contributed by atoms with E-state index in [9.17, 15) is 40.2 Å². The van der Waals surface area contributed by atoms with E-state index < -0.39 is 34.9 Å². The number of carboxylic acids is 2. The third-order valence-electron chi connectivity index (χ3n) is 19.0. The van der Waals surface area contributed by atoms with Gasteiger partial charge in [-0.15, -0.1) is 0 Å². The molecular formula is C86H138N2NiO8. The van der Waals surface area contributed by atoms with E-state index in [2.05, 4.69) is 76.2 Å². The molecule has 4 N–H and O–H groups in total. The van der Waals surface area contributed by atoms with Crippen molar-refractivity contribution in [2.75, 3.05) is 0 Å². The van der Waals surface area contributed by atoms with Crippen LogP contribution in [0.3, 0.4) is 0 Å². The molecule has 0 aromatic heterocycles. The number of hydrogen-bond acceptors (Lipinski definition) is 10. The van der Waals surface area contributed by atoms with Crippen LogP contribution in [-0.4, -0.2) is 43.8 Å². The smallest absolute Gasteiger partial charge is 0.545 e. The first-order valence-corrected chi connectivity index (χ1v) is 39.6. The maximum absolute atomic E-state index is 11.0. The Labute approximate surface area is 602 Å². The molecule has 0 unspecified atom stereocenters. The van der Waals surface area contributed by atoms with E-state index in [0.29, 0.717) is 36.8 Å². The normalized spacial score (nSPS) is 11.5. The topological polar surface area (TPSA) is 186 Å². The molecule has 97 heavy (non-hydrogen) atoms. The van der Waals surface area contributed by atoms with Gasteiger partial charge in [-0.3, -0.25) is 9.98 Å². The number of carboxylic acid groups (broad SMARTS) is 2. The van der Waals surface area contributed by atoms with Crippen LogP contribution >= 0.6 is 0 Å². The number of aromatic hydroxyl groups is 4. The van der Waals surface area contributed by atoms with E-state index >= 15 is 0 Å². The van der Waals surface area contributed by atoms with Crippen LogP contribution < -0.4 is 10.2 Å². The van der Waals surface area contributed by atoms with E-state index in [1.165, 1.54) is 272 Å². The summed E-state index contributed by atoms with van der Waals surface area (Å²) in [6, 6.07) is 21.2. The second-order valence-corrected chi connectivity index (χ2v) is 27.5. The van der Waals surface area contributed by atoms with Gasteiger partial charge < -0.3 is 40.2 Å². The van der Waals surface area contributed by atoms with Gasteiger partial charge in [-0.1, -0.05) is 311 Å². The van der Waals surface area contributed by atoms with Crippen molar-refractivity contribution in [3.8, 4) is 23.0 Å². The van der Waals surface area contributed by atoms with E-state index in [1.54, 1.807) is 0 Å². The quantitative estimate of drug-likeness (QED) is 0.0146. The van der Waals surface area contributed by atoms with E-state index in [4.69, 9.17) is 9.98 Å². The number of aromatic carboxylic acids is 2. The van der Waals surface area contributed by atoms with Gasteiger partial charge in [0, 0.05) is 11.1 Å². The number of carbonyl (C=O) groups excluding carboxylic acids is 2. The SMILES string of the molecule is CCCCCCCCCCCCCCCCCc1cccc(N=C(CCCC)C(CCCCCCCC)=Nc2cccc(CCCCCCCCCCCCCCCCC)c2)c1.CCCCc1c(CC)cc(O)c(O)c1C(=O)[O-].CCCCc1c(CC)cc(O)c(O)c1C(=O)[O-].[Ni+2]. The van der Waals surface area contributed by atoms with Gasteiger partial charge in [-0.05, 0) is 160 Å². The largest absolute Gasteiger partial charge is 2.00 e. The van der Waals surface area contributed by atoms with Crippen molar-refractivity contribution >= 4 is 34.7 Å². The maximum Gasteiger partial charge on any atom is 2.00 e. The summed E-state index contributed by atoms with van der Waals surface area (Å²) in [5, 5.41) is 60.2. The zero-order valence-electron chi connectivity index (χ0n) is 62.8. The van der Waals surface area contributed by atoms with Gasteiger partial charge in [0.05, 0.1) is 34.7 Å². The molecule has 0 radical (unpaired) electrons. The molecule has 0 aliphatic carbocycles. The predicted octanol–water partition coefficient (Wildman–Crippen LogP) is 24.0. The molecule has 4 rings (SSSR count). The third-order valence-corrected chi connectivity index (χ3v) is 19.0. The van der Waals surface area contributed by atoms with Gasteiger partial charge in [0.15, 0.2) is 23.0 Å². The summed E-state index contributed by atoms with van der Waals surface area (Å²) < 4.78 is 0. The Balaban J connectivity index is 0.00000108. The fourth-order valence-corrected chi connectivity index (χ4v) is 13.1. The van der Waals surface area contributed by atoms with Crippen LogP contribution in [-0.2, 0) is 55.0 Å². The van der Waals surface area contributed by atoms with Gasteiger partial charge in [0.25, 0.3) is 0 Å². The molecule has 4 aromatic rings. The molecule has 0 heterocycles. The number of hydrogen-bond donors (Lipinski definition) is 4. The Morgan fingerprint density at radius 1 is 0.330 bits per heavy atom. The number of rotatable bonds is 55. The minimum Gasteiger partial charge on any atom is -0.545 e. The molecule has 0 aliphatic rings. The second kappa shape index (κ2) is 59.7. The number of phenols is 4. The van der Waals surface area contributed by atoms with Crippen molar-refractivity contribution in [3.63, 3.8) is 0 Å². The fourth-order valence-electron chi connectivity index (χ4n) is 13.1. The van der Waals surface area contributed by atoms with Gasteiger partial charge in [-0.2, -0.15) is 0 Å². The molecule has 0 saturated carbocycles. The number of phenolic OH excluding ortho intramolecular Hbond substituents is 2. The molecule has 11 heteroatoms. The van der Waals surface area contributed by atoms with Gasteiger partial charge in [-0.25, -0.2) is 0 Å². The first kappa shape index (κ1) is 89.9. The first-order valence-electron chi connectivity index (χ1n) is 39.6. The number of carbonyl (C=O) groups is 2. The summed E-state index contributed by atoms with van der Waals surface area (Å²) in [6.45, 7) is 17.0. The van der Waals surface area contributed by atoms with Crippen LogP contribution in [0.2, 0.25) is 0 Å². The molecule has 0 bridgehead atoms. The standard InChI is InChI=1S/C60H104N2.2C13H18O4.Ni/c1-5-9-13-16-19-21-23-25-27-29-31-33-35-37-40-45-55-47-43-49-57(53-55)61-59(51-12-8-4)60(52-42-39-18-15-11-7-3)62-58-50-44-48-56(54-58)46-41-38-36-34-32-30-28-26-24-22-20-17-14-10-6-2;2*1-3-5-6-9-8(4-2)7-10(14)12(15)11(9)13(16)17;/h43-44,47-50,53-54H,5-42,45-46,51-52H2,1-4H3;2*7,14-15H,3-6H2,1-2H3,(H,16,17);/q;;;+2/p-2. The number of aryl methyl sites for hydroxylation is 4. The summed E-state index contributed by atoms with van der Waals surface area (Å²) >= 11 is 0. The van der Waals surface area contributed by atoms with Crippen LogP contribution in [0.5, 0.6) is 23.0 Å². The van der Waals surface area contributed by atoms with E-state index in [1.807, 2.05) is 27.7 Å². The molecule has 0 fully saturated rings. The van der Waals surface area contributed by atoms with Crippen LogP contribution in [0, 0.1) is 0 Å². The minimum atomic E-state index is -1.45. The molecular weight excluding hydrogens is 1250 g/mol. The van der Waals surface area contributed by atoms with Gasteiger partial charge in [0.1, 0.15) is 0 Å². The molecule has 4 aromatic carbocycles. The molecule has 0 saturated heterocycles. The van der Waals surface area contributed by atoms with Crippen molar-refractivity contribution in [3.05, 3.63) is 105 Å². The Hall–Kier alpha value is -5.15. The summed E-state index contributed by atoms with van der Waals surface area (Å²) in [4.78, 5) is 33.0. The zero-order valence-corrected chi connectivity index (χ0v) is 63.7. The van der Waals surface area contributed by atoms with Crippen molar-refractivity contribution in [2.24, 2.45) is 9.98 Å². The molecule has 0 atom stereocenters. The molecule has 550 valence electrons. The van der Waals surface area contributed by atoms with E-state index in [0.717, 1.165) is 80.3 Å². The molecule has 0 amide bonds. The minimum absolute atomic E-state index is 0. The Morgan fingerprint density at radius 2 is 0.598 bits per heavy atom. The zero-order chi connectivity index (χ0) is 70.2. The number of unbranched alkanes of at least 4 members (excludes halogenated alkanes) is 36. The molecule has 0 aliphatic heterocycles. The molecule has 10 nitrogen and oxygen atoms in total. The predicted molar refractivity (Wildman–Crippen MR) is 406 cm³/mol. The monoisotopic (exact) mass is 1380 g/mol. The van der Waals surface area contributed by atoms with Crippen molar-refractivity contribution in [1.82, 2.24) is 0 Å². The van der Waals surface area contributed by atoms with Gasteiger partial charge >= 0.3 is 16.5 Å². The second-order valence-electron chi connectivity index (χ2n) is 27.5. The third kappa shape index (κ3) is 40.6.